The van der Waals surface area contributed by atoms with Crippen LogP contribution in [0.25, 0.3) is 11.1 Å². The van der Waals surface area contributed by atoms with Gasteiger partial charge in [-0.05, 0) is 37.0 Å². The first-order valence-electron chi connectivity index (χ1n) is 10.8. The van der Waals surface area contributed by atoms with Gasteiger partial charge in [-0.15, -0.1) is 0 Å². The lowest BCUT2D eigenvalue weighted by Crippen LogP contribution is -2.38. The average molecular weight is 423 g/mol. The fraction of sp³-hybridized carbons (Fsp3) is 0.400. The number of rotatable bonds is 7. The number of hydrogen-bond donors (Lipinski definition) is 1. The number of benzene rings is 2. The van der Waals surface area contributed by atoms with Crippen LogP contribution in [0.5, 0.6) is 0 Å². The van der Waals surface area contributed by atoms with Gasteiger partial charge in [-0.25, -0.2) is 0 Å². The maximum Gasteiger partial charge on any atom is 0.303 e. The van der Waals surface area contributed by atoms with Crippen LogP contribution >= 0.6 is 0 Å². The Morgan fingerprint density at radius 1 is 1.03 bits per heavy atom. The van der Waals surface area contributed by atoms with E-state index >= 15 is 0 Å². The van der Waals surface area contributed by atoms with Gasteiger partial charge in [0.05, 0.1) is 12.3 Å². The van der Waals surface area contributed by atoms with Crippen LogP contribution in [0.15, 0.2) is 48.5 Å². The molecule has 2 amide bonds. The summed E-state index contributed by atoms with van der Waals surface area (Å²) in [5.41, 5.74) is 4.45. The molecule has 6 nitrogen and oxygen atoms in total. The highest BCUT2D eigenvalue weighted by Gasteiger charge is 2.32. The predicted octanol–water partition coefficient (Wildman–Crippen LogP) is 3.38. The summed E-state index contributed by atoms with van der Waals surface area (Å²) in [6.07, 6.45) is 0.298. The van der Waals surface area contributed by atoms with Gasteiger partial charge in [0.15, 0.2) is 0 Å². The molecule has 2 aromatic rings. The largest absolute Gasteiger partial charge is 0.481 e. The van der Waals surface area contributed by atoms with Crippen LogP contribution in [0, 0.1) is 12.8 Å². The van der Waals surface area contributed by atoms with Crippen molar-refractivity contribution in [1.29, 1.82) is 0 Å². The molecule has 0 radical (unpaired) electrons. The molecule has 0 aromatic heterocycles. The number of amides is 2. The monoisotopic (exact) mass is 422 g/mol. The summed E-state index contributed by atoms with van der Waals surface area (Å²) < 4.78 is 0. The predicted molar refractivity (Wildman–Crippen MR) is 120 cm³/mol. The first-order valence-corrected chi connectivity index (χ1v) is 10.8. The molecular formula is C25H30N2O4. The molecule has 31 heavy (non-hydrogen) atoms. The lowest BCUT2D eigenvalue weighted by molar-refractivity contribution is -0.141. The number of aryl methyl sites for hydroxylation is 1. The molecule has 1 aliphatic heterocycles. The van der Waals surface area contributed by atoms with Crippen molar-refractivity contribution >= 4 is 17.8 Å². The minimum atomic E-state index is -0.988. The van der Waals surface area contributed by atoms with Crippen molar-refractivity contribution in [2.75, 3.05) is 26.2 Å². The second kappa shape index (κ2) is 10.2. The van der Waals surface area contributed by atoms with Crippen LogP contribution in [0.4, 0.5) is 0 Å². The highest BCUT2D eigenvalue weighted by molar-refractivity contribution is 5.84. The van der Waals surface area contributed by atoms with Crippen LogP contribution in [-0.4, -0.2) is 58.9 Å². The SMILES string of the molecule is CCN1CCN(C(=O)CCC(=O)O)CC(Cc2ccccc2-c2ccc(C)cc2)C1=O. The van der Waals surface area contributed by atoms with Crippen molar-refractivity contribution in [1.82, 2.24) is 9.80 Å². The van der Waals surface area contributed by atoms with Gasteiger partial charge in [0.2, 0.25) is 11.8 Å². The van der Waals surface area contributed by atoms with E-state index in [9.17, 15) is 14.4 Å². The van der Waals surface area contributed by atoms with Gasteiger partial charge in [0.25, 0.3) is 0 Å². The lowest BCUT2D eigenvalue weighted by atomic mass is 9.91. The quantitative estimate of drug-likeness (QED) is 0.742. The molecule has 164 valence electrons. The Morgan fingerprint density at radius 2 is 1.74 bits per heavy atom. The Morgan fingerprint density at radius 3 is 2.42 bits per heavy atom. The normalized spacial score (nSPS) is 16.8. The van der Waals surface area contributed by atoms with E-state index in [1.54, 1.807) is 9.80 Å². The highest BCUT2D eigenvalue weighted by Crippen LogP contribution is 2.27. The number of aliphatic carboxylic acids is 1. The topological polar surface area (TPSA) is 77.9 Å². The zero-order chi connectivity index (χ0) is 22.4. The molecule has 0 saturated carbocycles. The standard InChI is InChI=1S/C25H30N2O4/c1-3-26-14-15-27(23(28)12-13-24(29)30)17-21(25(26)31)16-20-6-4-5-7-22(20)19-10-8-18(2)9-11-19/h4-11,21H,3,12-17H2,1-2H3,(H,29,30). The average Bonchev–Trinajstić information content (AvgIpc) is 2.92. The summed E-state index contributed by atoms with van der Waals surface area (Å²) >= 11 is 0. The first-order chi connectivity index (χ1) is 14.9. The summed E-state index contributed by atoms with van der Waals surface area (Å²) in [4.78, 5) is 40.1. The van der Waals surface area contributed by atoms with E-state index in [0.29, 0.717) is 32.6 Å². The van der Waals surface area contributed by atoms with Gasteiger partial charge in [0.1, 0.15) is 0 Å². The molecule has 0 bridgehead atoms. The van der Waals surface area contributed by atoms with Gasteiger partial charge >= 0.3 is 5.97 Å². The van der Waals surface area contributed by atoms with E-state index in [0.717, 1.165) is 16.7 Å². The van der Waals surface area contributed by atoms with Crippen molar-refractivity contribution < 1.29 is 19.5 Å². The van der Waals surface area contributed by atoms with Crippen molar-refractivity contribution in [2.45, 2.75) is 33.1 Å². The zero-order valence-electron chi connectivity index (χ0n) is 18.2. The lowest BCUT2D eigenvalue weighted by Gasteiger charge is -2.24. The Balaban J connectivity index is 1.85. The van der Waals surface area contributed by atoms with Gasteiger partial charge < -0.3 is 14.9 Å². The summed E-state index contributed by atoms with van der Waals surface area (Å²) in [7, 11) is 0. The molecule has 0 spiro atoms. The molecule has 0 aliphatic carbocycles. The molecule has 1 heterocycles. The number of likely N-dealkylation sites (N-methyl/N-ethyl adjacent to an activating group) is 1. The Kier molecular flexibility index (Phi) is 7.45. The third-order valence-corrected chi connectivity index (χ3v) is 5.87. The molecular weight excluding hydrogens is 392 g/mol. The third kappa shape index (κ3) is 5.72. The third-order valence-electron chi connectivity index (χ3n) is 5.87. The molecule has 6 heteroatoms. The number of carbonyl (C=O) groups excluding carboxylic acids is 2. The smallest absolute Gasteiger partial charge is 0.303 e. The van der Waals surface area contributed by atoms with Crippen molar-refractivity contribution in [3.63, 3.8) is 0 Å². The maximum atomic E-state index is 13.2. The van der Waals surface area contributed by atoms with Gasteiger partial charge in [-0.2, -0.15) is 0 Å². The second-order valence-corrected chi connectivity index (χ2v) is 8.08. The summed E-state index contributed by atoms with van der Waals surface area (Å²) in [6.45, 7) is 5.81. The number of carboxylic acid groups (broad SMARTS) is 1. The van der Waals surface area contributed by atoms with E-state index in [1.165, 1.54) is 5.56 Å². The minimum absolute atomic E-state index is 0.0394. The Labute approximate surface area is 183 Å². The number of hydrogen-bond acceptors (Lipinski definition) is 3. The fourth-order valence-electron chi connectivity index (χ4n) is 4.09. The van der Waals surface area contributed by atoms with E-state index in [-0.39, 0.29) is 30.6 Å². The molecule has 1 atom stereocenters. The molecule has 1 N–H and O–H groups in total. The molecule has 1 fully saturated rings. The van der Waals surface area contributed by atoms with Gasteiger partial charge in [-0.1, -0.05) is 54.1 Å². The number of nitrogens with zero attached hydrogens (tertiary/aromatic N) is 2. The Bertz CT molecular complexity index is 939. The summed E-state index contributed by atoms with van der Waals surface area (Å²) in [5.74, 6) is -1.50. The number of carboxylic acids is 1. The van der Waals surface area contributed by atoms with Crippen molar-refractivity contribution in [2.24, 2.45) is 5.92 Å². The van der Waals surface area contributed by atoms with Crippen molar-refractivity contribution in [3.8, 4) is 11.1 Å². The molecule has 1 saturated heterocycles. The Hall–Kier alpha value is -3.15. The molecule has 1 aliphatic rings. The van der Waals surface area contributed by atoms with Crippen LogP contribution in [0.3, 0.4) is 0 Å². The summed E-state index contributed by atoms with van der Waals surface area (Å²) in [6, 6.07) is 16.4. The maximum absolute atomic E-state index is 13.2. The van der Waals surface area contributed by atoms with E-state index in [4.69, 9.17) is 5.11 Å². The van der Waals surface area contributed by atoms with E-state index < -0.39 is 5.97 Å². The van der Waals surface area contributed by atoms with Crippen LogP contribution in [0.1, 0.15) is 30.9 Å². The van der Waals surface area contributed by atoms with Crippen LogP contribution < -0.4 is 0 Å². The highest BCUT2D eigenvalue weighted by atomic mass is 16.4. The van der Waals surface area contributed by atoms with Crippen molar-refractivity contribution in [3.05, 3.63) is 59.7 Å². The molecule has 1 unspecified atom stereocenters. The second-order valence-electron chi connectivity index (χ2n) is 8.08. The minimum Gasteiger partial charge on any atom is -0.481 e. The summed E-state index contributed by atoms with van der Waals surface area (Å²) in [5, 5.41) is 8.91. The molecule has 2 aromatic carbocycles. The fourth-order valence-corrected chi connectivity index (χ4v) is 4.09. The van der Waals surface area contributed by atoms with Crippen LogP contribution in [-0.2, 0) is 20.8 Å². The van der Waals surface area contributed by atoms with Gasteiger partial charge in [-0.3, -0.25) is 14.4 Å². The number of carbonyl (C=O) groups is 3. The van der Waals surface area contributed by atoms with E-state index in [1.807, 2.05) is 25.1 Å². The van der Waals surface area contributed by atoms with E-state index in [2.05, 4.69) is 37.3 Å². The first kappa shape index (κ1) is 22.5. The molecule has 3 rings (SSSR count). The van der Waals surface area contributed by atoms with Crippen LogP contribution in [0.2, 0.25) is 0 Å². The van der Waals surface area contributed by atoms with Gasteiger partial charge in [0, 0.05) is 32.6 Å². The zero-order valence-corrected chi connectivity index (χ0v) is 18.2.